The lowest BCUT2D eigenvalue weighted by Crippen LogP contribution is -2.19. The lowest BCUT2D eigenvalue weighted by atomic mass is 10.1. The molecule has 0 aliphatic heterocycles. The molecule has 2 aromatic rings. The molecule has 0 atom stereocenters. The van der Waals surface area contributed by atoms with Crippen LogP contribution >= 0.6 is 11.6 Å². The zero-order chi connectivity index (χ0) is 12.6. The van der Waals surface area contributed by atoms with Gasteiger partial charge >= 0.3 is 0 Å². The molecule has 0 spiro atoms. The number of nitrogens with one attached hydrogen (secondary N) is 1. The summed E-state index contributed by atoms with van der Waals surface area (Å²) in [5.74, 6) is 0.553. The highest BCUT2D eigenvalue weighted by Crippen LogP contribution is 2.12. The number of ether oxygens (including phenoxy) is 1. The molecule has 0 unspecified atom stereocenters. The second-order valence-electron chi connectivity index (χ2n) is 4.01. The number of hydrogen-bond acceptors (Lipinski definition) is 3. The largest absolute Gasteiger partial charge is 0.379 e. The Hall–Kier alpha value is -1.16. The smallest absolute Gasteiger partial charge is 0.0702 e. The van der Waals surface area contributed by atoms with Gasteiger partial charge in [0, 0.05) is 30.6 Å². The van der Waals surface area contributed by atoms with E-state index in [0.29, 0.717) is 19.1 Å². The Morgan fingerprint density at radius 2 is 2.17 bits per heavy atom. The molecule has 3 nitrogen and oxygen atoms in total. The van der Waals surface area contributed by atoms with Crippen LogP contribution in [0.3, 0.4) is 0 Å². The minimum Gasteiger partial charge on any atom is -0.379 e. The number of pyridine rings is 1. The van der Waals surface area contributed by atoms with Gasteiger partial charge in [-0.1, -0.05) is 12.1 Å². The molecule has 1 N–H and O–H groups in total. The third kappa shape index (κ3) is 3.95. The van der Waals surface area contributed by atoms with Crippen LogP contribution in [0.1, 0.15) is 5.56 Å². The summed E-state index contributed by atoms with van der Waals surface area (Å²) in [7, 11) is 0. The first-order valence-electron chi connectivity index (χ1n) is 6.08. The minimum absolute atomic E-state index is 0.553. The highest BCUT2D eigenvalue weighted by atomic mass is 35.5. The van der Waals surface area contributed by atoms with Crippen LogP contribution < -0.4 is 5.32 Å². The molecule has 96 valence electrons. The maximum atomic E-state index is 5.51. The summed E-state index contributed by atoms with van der Waals surface area (Å²) in [6, 6.07) is 10.3. The van der Waals surface area contributed by atoms with E-state index < -0.39 is 0 Å². The average Bonchev–Trinajstić information content (AvgIpc) is 2.42. The minimum atomic E-state index is 0.553. The zero-order valence-corrected chi connectivity index (χ0v) is 11.0. The van der Waals surface area contributed by atoms with Crippen molar-refractivity contribution < 1.29 is 4.74 Å². The van der Waals surface area contributed by atoms with Crippen molar-refractivity contribution in [2.75, 3.05) is 25.6 Å². The lowest BCUT2D eigenvalue weighted by molar-refractivity contribution is 0.151. The molecule has 0 fully saturated rings. The Morgan fingerprint density at radius 3 is 3.06 bits per heavy atom. The molecule has 1 aromatic carbocycles. The van der Waals surface area contributed by atoms with E-state index in [-0.39, 0.29) is 0 Å². The zero-order valence-electron chi connectivity index (χ0n) is 10.2. The van der Waals surface area contributed by atoms with Gasteiger partial charge in [-0.05, 0) is 23.8 Å². The molecule has 0 radical (unpaired) electrons. The van der Waals surface area contributed by atoms with Gasteiger partial charge in [0.05, 0.1) is 18.7 Å². The van der Waals surface area contributed by atoms with Gasteiger partial charge in [0.1, 0.15) is 0 Å². The van der Waals surface area contributed by atoms with Crippen molar-refractivity contribution in [3.63, 3.8) is 0 Å². The molecule has 18 heavy (non-hydrogen) atoms. The van der Waals surface area contributed by atoms with Crippen LogP contribution in [0.2, 0.25) is 0 Å². The van der Waals surface area contributed by atoms with E-state index in [0.717, 1.165) is 18.6 Å². The number of alkyl halides is 1. The predicted octanol–water partition coefficient (Wildman–Crippen LogP) is 2.58. The first-order valence-corrected chi connectivity index (χ1v) is 6.61. The van der Waals surface area contributed by atoms with E-state index >= 15 is 0 Å². The van der Waals surface area contributed by atoms with Crippen molar-refractivity contribution in [1.82, 2.24) is 10.3 Å². The molecule has 0 aliphatic carbocycles. The Labute approximate surface area is 112 Å². The Morgan fingerprint density at radius 1 is 1.22 bits per heavy atom. The fourth-order valence-corrected chi connectivity index (χ4v) is 1.88. The molecule has 0 amide bonds. The second kappa shape index (κ2) is 7.31. The van der Waals surface area contributed by atoms with E-state index in [4.69, 9.17) is 16.3 Å². The molecule has 0 saturated heterocycles. The van der Waals surface area contributed by atoms with Crippen LogP contribution in [0, 0.1) is 0 Å². The summed E-state index contributed by atoms with van der Waals surface area (Å²) >= 11 is 5.51. The van der Waals surface area contributed by atoms with E-state index in [1.807, 2.05) is 12.3 Å². The van der Waals surface area contributed by atoms with Crippen LogP contribution in [0.25, 0.3) is 10.9 Å². The van der Waals surface area contributed by atoms with Gasteiger partial charge < -0.3 is 10.1 Å². The highest BCUT2D eigenvalue weighted by Gasteiger charge is 1.96. The van der Waals surface area contributed by atoms with Crippen molar-refractivity contribution in [3.8, 4) is 0 Å². The predicted molar refractivity (Wildman–Crippen MR) is 75.0 cm³/mol. The van der Waals surface area contributed by atoms with Crippen LogP contribution in [0.4, 0.5) is 0 Å². The Balaban J connectivity index is 1.81. The lowest BCUT2D eigenvalue weighted by Gasteiger charge is -2.06. The summed E-state index contributed by atoms with van der Waals surface area (Å²) in [4.78, 5) is 4.30. The third-order valence-electron chi connectivity index (χ3n) is 2.64. The monoisotopic (exact) mass is 264 g/mol. The fraction of sp³-hybridized carbons (Fsp3) is 0.357. The summed E-state index contributed by atoms with van der Waals surface area (Å²) < 4.78 is 5.29. The first-order chi connectivity index (χ1) is 8.90. The quantitative estimate of drug-likeness (QED) is 0.617. The molecule has 0 saturated carbocycles. The van der Waals surface area contributed by atoms with Gasteiger partial charge in [0.2, 0.25) is 0 Å². The SMILES string of the molecule is ClCCOCCNCc1ccc2ncccc2c1. The molecule has 2 rings (SSSR count). The molecule has 0 bridgehead atoms. The standard InChI is InChI=1S/C14H17ClN2O/c15-5-8-18-9-7-16-11-12-3-4-14-13(10-12)2-1-6-17-14/h1-4,6,10,16H,5,7-9,11H2. The fourth-order valence-electron chi connectivity index (χ4n) is 1.77. The van der Waals surface area contributed by atoms with Gasteiger partial charge in [-0.3, -0.25) is 4.98 Å². The van der Waals surface area contributed by atoms with Crippen molar-refractivity contribution in [1.29, 1.82) is 0 Å². The van der Waals surface area contributed by atoms with Crippen molar-refractivity contribution in [3.05, 3.63) is 42.1 Å². The van der Waals surface area contributed by atoms with E-state index in [2.05, 4.69) is 34.6 Å². The van der Waals surface area contributed by atoms with Crippen molar-refractivity contribution >= 4 is 22.5 Å². The summed E-state index contributed by atoms with van der Waals surface area (Å²) in [6.45, 7) is 2.99. The number of rotatable bonds is 7. The molecule has 1 aromatic heterocycles. The van der Waals surface area contributed by atoms with Crippen LogP contribution in [0.15, 0.2) is 36.5 Å². The van der Waals surface area contributed by atoms with Crippen LogP contribution in [0.5, 0.6) is 0 Å². The van der Waals surface area contributed by atoms with Crippen molar-refractivity contribution in [2.24, 2.45) is 0 Å². The number of nitrogens with zero attached hydrogens (tertiary/aromatic N) is 1. The number of aromatic nitrogens is 1. The highest BCUT2D eigenvalue weighted by molar-refractivity contribution is 6.17. The first kappa shape index (κ1) is 13.3. The van der Waals surface area contributed by atoms with Gasteiger partial charge in [0.25, 0.3) is 0 Å². The van der Waals surface area contributed by atoms with Crippen LogP contribution in [-0.4, -0.2) is 30.6 Å². The summed E-state index contributed by atoms with van der Waals surface area (Å²) in [5, 5.41) is 4.51. The molecule has 1 heterocycles. The second-order valence-corrected chi connectivity index (χ2v) is 4.39. The van der Waals surface area contributed by atoms with Gasteiger partial charge in [-0.25, -0.2) is 0 Å². The van der Waals surface area contributed by atoms with E-state index in [9.17, 15) is 0 Å². The Bertz CT molecular complexity index is 490. The topological polar surface area (TPSA) is 34.1 Å². The molecular weight excluding hydrogens is 248 g/mol. The van der Waals surface area contributed by atoms with E-state index in [1.54, 1.807) is 0 Å². The maximum Gasteiger partial charge on any atom is 0.0702 e. The summed E-state index contributed by atoms with van der Waals surface area (Å²) in [5.41, 5.74) is 2.29. The number of hydrogen-bond donors (Lipinski definition) is 1. The van der Waals surface area contributed by atoms with Gasteiger partial charge in [0.15, 0.2) is 0 Å². The number of fused-ring (bicyclic) bond motifs is 1. The molecule has 0 aliphatic rings. The molecular formula is C14H17ClN2O. The average molecular weight is 265 g/mol. The molecule has 4 heteroatoms. The third-order valence-corrected chi connectivity index (χ3v) is 2.80. The Kier molecular flexibility index (Phi) is 5.39. The number of halogens is 1. The van der Waals surface area contributed by atoms with Crippen molar-refractivity contribution in [2.45, 2.75) is 6.54 Å². The number of benzene rings is 1. The van der Waals surface area contributed by atoms with Crippen LogP contribution in [-0.2, 0) is 11.3 Å². The summed E-state index contributed by atoms with van der Waals surface area (Å²) in [6.07, 6.45) is 1.81. The van der Waals surface area contributed by atoms with Gasteiger partial charge in [-0.2, -0.15) is 0 Å². The van der Waals surface area contributed by atoms with E-state index in [1.165, 1.54) is 10.9 Å². The normalized spacial score (nSPS) is 10.9. The maximum absolute atomic E-state index is 5.51. The van der Waals surface area contributed by atoms with Gasteiger partial charge in [-0.15, -0.1) is 11.6 Å².